The molecule has 7 nitrogen and oxygen atoms in total. The maximum Gasteiger partial charge on any atom is 0.337 e. The van der Waals surface area contributed by atoms with E-state index >= 15 is 0 Å². The molecular formula is C20H24N4O3. The number of amides is 1. The number of methoxy groups -OCH3 is 1. The van der Waals surface area contributed by atoms with Gasteiger partial charge in [0.2, 0.25) is 5.91 Å². The Hall–Kier alpha value is -2.93. The number of esters is 1. The number of hydrogen-bond donors (Lipinski definition) is 1. The van der Waals surface area contributed by atoms with E-state index in [-0.39, 0.29) is 5.91 Å². The average Bonchev–Trinajstić information content (AvgIpc) is 2.73. The lowest BCUT2D eigenvalue weighted by atomic mass is 10.2. The molecule has 1 amide bonds. The molecule has 1 aromatic carbocycles. The first-order chi connectivity index (χ1) is 13.2. The van der Waals surface area contributed by atoms with Crippen molar-refractivity contribution in [1.82, 2.24) is 9.88 Å². The van der Waals surface area contributed by atoms with Gasteiger partial charge in [0, 0.05) is 51.0 Å². The van der Waals surface area contributed by atoms with Gasteiger partial charge in [-0.15, -0.1) is 0 Å². The van der Waals surface area contributed by atoms with Crippen LogP contribution in [0.4, 0.5) is 11.5 Å². The van der Waals surface area contributed by atoms with Gasteiger partial charge in [-0.25, -0.2) is 9.78 Å². The Labute approximate surface area is 158 Å². The van der Waals surface area contributed by atoms with Crippen LogP contribution >= 0.6 is 0 Å². The SMILES string of the molecule is COC(=O)c1ccc(NC(=O)CCN2CCN(c3ccccn3)CC2)cc1. The topological polar surface area (TPSA) is 74.8 Å². The van der Waals surface area contributed by atoms with Crippen molar-refractivity contribution in [3.05, 3.63) is 54.2 Å². The van der Waals surface area contributed by atoms with E-state index in [9.17, 15) is 9.59 Å². The normalized spacial score (nSPS) is 14.6. The van der Waals surface area contributed by atoms with Crippen LogP contribution in [0.1, 0.15) is 16.8 Å². The van der Waals surface area contributed by atoms with Gasteiger partial charge in [-0.2, -0.15) is 0 Å². The van der Waals surface area contributed by atoms with Crippen LogP contribution in [0.5, 0.6) is 0 Å². The predicted molar refractivity (Wildman–Crippen MR) is 104 cm³/mol. The summed E-state index contributed by atoms with van der Waals surface area (Å²) >= 11 is 0. The van der Waals surface area contributed by atoms with Crippen molar-refractivity contribution in [3.8, 4) is 0 Å². The third kappa shape index (κ3) is 5.27. The highest BCUT2D eigenvalue weighted by Gasteiger charge is 2.18. The lowest BCUT2D eigenvalue weighted by Crippen LogP contribution is -2.47. The second kappa shape index (κ2) is 9.14. The van der Waals surface area contributed by atoms with Gasteiger partial charge in [-0.05, 0) is 36.4 Å². The fraction of sp³-hybridized carbons (Fsp3) is 0.350. The highest BCUT2D eigenvalue weighted by molar-refractivity contribution is 5.93. The number of carbonyl (C=O) groups is 2. The average molecular weight is 368 g/mol. The highest BCUT2D eigenvalue weighted by atomic mass is 16.5. The Morgan fingerprint density at radius 3 is 2.44 bits per heavy atom. The molecule has 2 aromatic rings. The lowest BCUT2D eigenvalue weighted by Gasteiger charge is -2.35. The van der Waals surface area contributed by atoms with Crippen LogP contribution in [0.3, 0.4) is 0 Å². The molecule has 142 valence electrons. The van der Waals surface area contributed by atoms with E-state index in [0.29, 0.717) is 17.7 Å². The zero-order chi connectivity index (χ0) is 19.1. The van der Waals surface area contributed by atoms with Crippen LogP contribution < -0.4 is 10.2 Å². The smallest absolute Gasteiger partial charge is 0.337 e. The molecule has 0 spiro atoms. The zero-order valence-corrected chi connectivity index (χ0v) is 15.4. The van der Waals surface area contributed by atoms with Gasteiger partial charge in [0.05, 0.1) is 12.7 Å². The molecule has 27 heavy (non-hydrogen) atoms. The van der Waals surface area contributed by atoms with Crippen LogP contribution in [0.15, 0.2) is 48.7 Å². The molecule has 0 aliphatic carbocycles. The Bertz CT molecular complexity index is 757. The van der Waals surface area contributed by atoms with E-state index < -0.39 is 5.97 Å². The van der Waals surface area contributed by atoms with Gasteiger partial charge in [-0.1, -0.05) is 6.07 Å². The van der Waals surface area contributed by atoms with Crippen molar-refractivity contribution >= 4 is 23.4 Å². The molecule has 1 N–H and O–H groups in total. The Morgan fingerprint density at radius 1 is 1.07 bits per heavy atom. The minimum atomic E-state index is -0.391. The molecule has 0 radical (unpaired) electrons. The van der Waals surface area contributed by atoms with E-state index in [0.717, 1.165) is 38.5 Å². The van der Waals surface area contributed by atoms with Crippen LogP contribution in [-0.4, -0.2) is 61.6 Å². The first kappa shape index (κ1) is 18.8. The van der Waals surface area contributed by atoms with Crippen molar-refractivity contribution < 1.29 is 14.3 Å². The van der Waals surface area contributed by atoms with Crippen molar-refractivity contribution in [1.29, 1.82) is 0 Å². The minimum Gasteiger partial charge on any atom is -0.465 e. The predicted octanol–water partition coefficient (Wildman–Crippen LogP) is 2.02. The third-order valence-corrected chi connectivity index (χ3v) is 4.59. The quantitative estimate of drug-likeness (QED) is 0.787. The van der Waals surface area contributed by atoms with Crippen molar-refractivity contribution in [2.45, 2.75) is 6.42 Å². The molecule has 1 aromatic heterocycles. The monoisotopic (exact) mass is 368 g/mol. The van der Waals surface area contributed by atoms with Crippen LogP contribution in [0.25, 0.3) is 0 Å². The van der Waals surface area contributed by atoms with E-state index in [1.54, 1.807) is 24.3 Å². The number of carbonyl (C=O) groups excluding carboxylic acids is 2. The summed E-state index contributed by atoms with van der Waals surface area (Å²) < 4.78 is 4.66. The number of rotatable bonds is 6. The number of pyridine rings is 1. The largest absolute Gasteiger partial charge is 0.465 e. The molecule has 1 aliphatic rings. The summed E-state index contributed by atoms with van der Waals surface area (Å²) in [5.41, 5.74) is 1.13. The van der Waals surface area contributed by atoms with Crippen molar-refractivity contribution in [3.63, 3.8) is 0 Å². The molecule has 1 fully saturated rings. The highest BCUT2D eigenvalue weighted by Crippen LogP contribution is 2.13. The molecule has 1 aliphatic heterocycles. The molecular weight excluding hydrogens is 344 g/mol. The molecule has 0 unspecified atom stereocenters. The summed E-state index contributed by atoms with van der Waals surface area (Å²) in [4.78, 5) is 32.5. The molecule has 7 heteroatoms. The van der Waals surface area contributed by atoms with E-state index in [2.05, 4.69) is 24.8 Å². The number of anilines is 2. The standard InChI is InChI=1S/C20H24N4O3/c1-27-20(26)16-5-7-17(8-6-16)22-19(25)9-11-23-12-14-24(15-13-23)18-4-2-3-10-21-18/h2-8,10H,9,11-15H2,1H3,(H,22,25). The second-order valence-corrected chi connectivity index (χ2v) is 6.38. The Balaban J connectivity index is 1.40. The summed E-state index contributed by atoms with van der Waals surface area (Å²) in [6, 6.07) is 12.6. The van der Waals surface area contributed by atoms with Gasteiger partial charge in [0.1, 0.15) is 5.82 Å². The summed E-state index contributed by atoms with van der Waals surface area (Å²) in [6.45, 7) is 4.37. The van der Waals surface area contributed by atoms with E-state index in [1.165, 1.54) is 7.11 Å². The molecule has 3 rings (SSSR count). The van der Waals surface area contributed by atoms with Gasteiger partial charge in [0.25, 0.3) is 0 Å². The Morgan fingerprint density at radius 2 is 1.81 bits per heavy atom. The second-order valence-electron chi connectivity index (χ2n) is 6.38. The number of piperazine rings is 1. The molecule has 0 atom stereocenters. The van der Waals surface area contributed by atoms with Crippen LogP contribution in [0, 0.1) is 0 Å². The van der Waals surface area contributed by atoms with Gasteiger partial charge in [0.15, 0.2) is 0 Å². The maximum atomic E-state index is 12.2. The van der Waals surface area contributed by atoms with Crippen molar-refractivity contribution in [2.75, 3.05) is 50.1 Å². The van der Waals surface area contributed by atoms with E-state index in [1.807, 2.05) is 24.4 Å². The number of aromatic nitrogens is 1. The summed E-state index contributed by atoms with van der Waals surface area (Å²) in [5.74, 6) is 0.580. The summed E-state index contributed by atoms with van der Waals surface area (Å²) in [6.07, 6.45) is 2.24. The number of nitrogens with one attached hydrogen (secondary N) is 1. The zero-order valence-electron chi connectivity index (χ0n) is 15.4. The van der Waals surface area contributed by atoms with Crippen molar-refractivity contribution in [2.24, 2.45) is 0 Å². The van der Waals surface area contributed by atoms with Gasteiger partial charge >= 0.3 is 5.97 Å². The van der Waals surface area contributed by atoms with Crippen LogP contribution in [0.2, 0.25) is 0 Å². The minimum absolute atomic E-state index is 0.0343. The number of hydrogen-bond acceptors (Lipinski definition) is 6. The number of nitrogens with zero attached hydrogens (tertiary/aromatic N) is 3. The van der Waals surface area contributed by atoms with Crippen LogP contribution in [-0.2, 0) is 9.53 Å². The number of benzene rings is 1. The first-order valence-corrected chi connectivity index (χ1v) is 9.02. The lowest BCUT2D eigenvalue weighted by molar-refractivity contribution is -0.116. The van der Waals surface area contributed by atoms with Gasteiger partial charge < -0.3 is 15.0 Å². The fourth-order valence-electron chi connectivity index (χ4n) is 3.03. The third-order valence-electron chi connectivity index (χ3n) is 4.59. The molecule has 0 bridgehead atoms. The maximum absolute atomic E-state index is 12.2. The molecule has 1 saturated heterocycles. The molecule has 0 saturated carbocycles. The Kier molecular flexibility index (Phi) is 6.38. The number of ether oxygens (including phenoxy) is 1. The first-order valence-electron chi connectivity index (χ1n) is 9.02. The van der Waals surface area contributed by atoms with E-state index in [4.69, 9.17) is 0 Å². The summed E-state index contributed by atoms with van der Waals surface area (Å²) in [5, 5.41) is 2.86. The van der Waals surface area contributed by atoms with Gasteiger partial charge in [-0.3, -0.25) is 9.69 Å². The molecule has 2 heterocycles. The fourth-order valence-corrected chi connectivity index (χ4v) is 3.03. The summed E-state index contributed by atoms with van der Waals surface area (Å²) in [7, 11) is 1.34.